The minimum absolute atomic E-state index is 0.513. The van der Waals surface area contributed by atoms with Gasteiger partial charge in [-0.1, -0.05) is 42.7 Å². The Labute approximate surface area is 87.5 Å². The van der Waals surface area contributed by atoms with E-state index in [0.717, 1.165) is 0 Å². The summed E-state index contributed by atoms with van der Waals surface area (Å²) in [6.45, 7) is 6.55. The van der Waals surface area contributed by atoms with Gasteiger partial charge in [-0.25, -0.2) is 0 Å². The average molecular weight is 191 g/mol. The molecule has 1 heteroatoms. The van der Waals surface area contributed by atoms with E-state index in [1.54, 1.807) is 0 Å². The van der Waals surface area contributed by atoms with E-state index in [1.807, 2.05) is 7.05 Å². The molecule has 0 saturated carbocycles. The van der Waals surface area contributed by atoms with E-state index in [4.69, 9.17) is 0 Å². The second-order valence-electron chi connectivity index (χ2n) is 4.05. The molecule has 1 unspecified atom stereocenters. The molecule has 0 saturated heterocycles. The summed E-state index contributed by atoms with van der Waals surface area (Å²) < 4.78 is 0. The lowest BCUT2D eigenvalue weighted by molar-refractivity contribution is 0.541. The van der Waals surface area contributed by atoms with Crippen LogP contribution in [0.2, 0.25) is 0 Å². The molecule has 78 valence electrons. The van der Waals surface area contributed by atoms with Crippen molar-refractivity contribution in [3.05, 3.63) is 34.9 Å². The third-order valence-corrected chi connectivity index (χ3v) is 2.57. The summed E-state index contributed by atoms with van der Waals surface area (Å²) in [5, 5.41) is 3.37. The highest BCUT2D eigenvalue weighted by molar-refractivity contribution is 5.30. The molecule has 0 fully saturated rings. The first-order valence-electron chi connectivity index (χ1n) is 5.42. The molecule has 0 aliphatic carbocycles. The van der Waals surface area contributed by atoms with Crippen molar-refractivity contribution >= 4 is 0 Å². The van der Waals surface area contributed by atoms with Gasteiger partial charge in [0, 0.05) is 6.04 Å². The Balaban J connectivity index is 2.91. The first-order chi connectivity index (χ1) is 6.67. The van der Waals surface area contributed by atoms with Crippen molar-refractivity contribution in [2.45, 2.75) is 39.7 Å². The molecule has 0 aromatic heterocycles. The zero-order chi connectivity index (χ0) is 10.6. The normalized spacial score (nSPS) is 12.9. The monoisotopic (exact) mass is 191 g/mol. The van der Waals surface area contributed by atoms with Gasteiger partial charge in [-0.05, 0) is 32.9 Å². The zero-order valence-corrected chi connectivity index (χ0v) is 9.72. The fourth-order valence-electron chi connectivity index (χ4n) is 1.98. The smallest absolute Gasteiger partial charge is 0.0317 e. The highest BCUT2D eigenvalue weighted by Crippen LogP contribution is 2.20. The van der Waals surface area contributed by atoms with Gasteiger partial charge in [-0.3, -0.25) is 0 Å². The predicted molar refractivity (Wildman–Crippen MR) is 62.6 cm³/mol. The fraction of sp³-hybridized carbons (Fsp3) is 0.538. The van der Waals surface area contributed by atoms with Gasteiger partial charge < -0.3 is 5.32 Å². The molecule has 0 heterocycles. The van der Waals surface area contributed by atoms with Crippen LogP contribution in [0.25, 0.3) is 0 Å². The summed E-state index contributed by atoms with van der Waals surface area (Å²) in [5.41, 5.74) is 4.14. The molecule has 1 atom stereocenters. The van der Waals surface area contributed by atoms with E-state index in [1.165, 1.54) is 29.5 Å². The highest BCUT2D eigenvalue weighted by Gasteiger charge is 2.08. The van der Waals surface area contributed by atoms with Crippen molar-refractivity contribution < 1.29 is 0 Å². The Morgan fingerprint density at radius 2 is 1.71 bits per heavy atom. The number of benzene rings is 1. The Hall–Kier alpha value is -0.820. The van der Waals surface area contributed by atoms with E-state index in [2.05, 4.69) is 44.3 Å². The SMILES string of the molecule is CCCC(NC)c1cc(C)cc(C)c1. The van der Waals surface area contributed by atoms with Crippen molar-refractivity contribution in [1.82, 2.24) is 5.32 Å². The molecule has 0 radical (unpaired) electrons. The maximum absolute atomic E-state index is 3.37. The Bertz CT molecular complexity index is 271. The Morgan fingerprint density at radius 3 is 2.14 bits per heavy atom. The molecular formula is C13H21N. The Morgan fingerprint density at radius 1 is 1.14 bits per heavy atom. The van der Waals surface area contributed by atoms with Gasteiger partial charge >= 0.3 is 0 Å². The van der Waals surface area contributed by atoms with Crippen molar-refractivity contribution in [1.29, 1.82) is 0 Å². The van der Waals surface area contributed by atoms with E-state index < -0.39 is 0 Å². The third-order valence-electron chi connectivity index (χ3n) is 2.57. The van der Waals surface area contributed by atoms with E-state index in [9.17, 15) is 0 Å². The number of hydrogen-bond acceptors (Lipinski definition) is 1. The lowest BCUT2D eigenvalue weighted by Gasteiger charge is -2.17. The third kappa shape index (κ3) is 2.85. The maximum atomic E-state index is 3.37. The van der Waals surface area contributed by atoms with Gasteiger partial charge in [-0.2, -0.15) is 0 Å². The fourth-order valence-corrected chi connectivity index (χ4v) is 1.98. The Kier molecular flexibility index (Phi) is 4.15. The first kappa shape index (κ1) is 11.3. The van der Waals surface area contributed by atoms with Crippen LogP contribution in [-0.2, 0) is 0 Å². The quantitative estimate of drug-likeness (QED) is 0.769. The van der Waals surface area contributed by atoms with Crippen LogP contribution in [0.1, 0.15) is 42.5 Å². The lowest BCUT2D eigenvalue weighted by atomic mass is 9.98. The molecule has 1 aromatic carbocycles. The molecule has 1 aromatic rings. The zero-order valence-electron chi connectivity index (χ0n) is 9.72. The van der Waals surface area contributed by atoms with Crippen LogP contribution < -0.4 is 5.32 Å². The summed E-state index contributed by atoms with van der Waals surface area (Å²) in [5.74, 6) is 0. The molecule has 0 bridgehead atoms. The minimum Gasteiger partial charge on any atom is -0.313 e. The lowest BCUT2D eigenvalue weighted by Crippen LogP contribution is -2.16. The molecule has 1 N–H and O–H groups in total. The molecular weight excluding hydrogens is 170 g/mol. The summed E-state index contributed by atoms with van der Waals surface area (Å²) >= 11 is 0. The molecule has 1 rings (SSSR count). The number of aryl methyl sites for hydroxylation is 2. The molecule has 14 heavy (non-hydrogen) atoms. The molecule has 0 amide bonds. The van der Waals surface area contributed by atoms with Crippen LogP contribution in [0.15, 0.2) is 18.2 Å². The van der Waals surface area contributed by atoms with Crippen molar-refractivity contribution in [3.63, 3.8) is 0 Å². The van der Waals surface area contributed by atoms with E-state index >= 15 is 0 Å². The van der Waals surface area contributed by atoms with Gasteiger partial charge in [0.2, 0.25) is 0 Å². The number of rotatable bonds is 4. The van der Waals surface area contributed by atoms with Gasteiger partial charge in [0.05, 0.1) is 0 Å². The van der Waals surface area contributed by atoms with Crippen LogP contribution >= 0.6 is 0 Å². The maximum Gasteiger partial charge on any atom is 0.0317 e. The largest absolute Gasteiger partial charge is 0.313 e. The van der Waals surface area contributed by atoms with Gasteiger partial charge in [-0.15, -0.1) is 0 Å². The van der Waals surface area contributed by atoms with Gasteiger partial charge in [0.25, 0.3) is 0 Å². The number of nitrogens with one attached hydrogen (secondary N) is 1. The van der Waals surface area contributed by atoms with Crippen molar-refractivity contribution in [2.75, 3.05) is 7.05 Å². The van der Waals surface area contributed by atoms with Crippen molar-refractivity contribution in [3.8, 4) is 0 Å². The molecule has 0 aliphatic rings. The summed E-state index contributed by atoms with van der Waals surface area (Å²) in [7, 11) is 2.04. The van der Waals surface area contributed by atoms with E-state index in [0.29, 0.717) is 6.04 Å². The molecule has 0 aliphatic heterocycles. The standard InChI is InChI=1S/C13H21N/c1-5-6-13(14-4)12-8-10(2)7-11(3)9-12/h7-9,13-14H,5-6H2,1-4H3. The van der Waals surface area contributed by atoms with Gasteiger partial charge in [0.15, 0.2) is 0 Å². The second-order valence-corrected chi connectivity index (χ2v) is 4.05. The summed E-state index contributed by atoms with van der Waals surface area (Å²) in [6, 6.07) is 7.30. The van der Waals surface area contributed by atoms with Crippen molar-refractivity contribution in [2.24, 2.45) is 0 Å². The average Bonchev–Trinajstić information content (AvgIpc) is 2.12. The predicted octanol–water partition coefficient (Wildman–Crippen LogP) is 3.36. The second kappa shape index (κ2) is 5.16. The van der Waals surface area contributed by atoms with Crippen LogP contribution in [0.5, 0.6) is 0 Å². The summed E-state index contributed by atoms with van der Waals surface area (Å²) in [4.78, 5) is 0. The molecule has 1 nitrogen and oxygen atoms in total. The minimum atomic E-state index is 0.513. The highest BCUT2D eigenvalue weighted by atomic mass is 14.9. The topological polar surface area (TPSA) is 12.0 Å². The number of hydrogen-bond donors (Lipinski definition) is 1. The first-order valence-corrected chi connectivity index (χ1v) is 5.42. The van der Waals surface area contributed by atoms with Crippen LogP contribution in [0.4, 0.5) is 0 Å². The summed E-state index contributed by atoms with van der Waals surface area (Å²) in [6.07, 6.45) is 2.43. The molecule has 0 spiro atoms. The van der Waals surface area contributed by atoms with Crippen LogP contribution in [-0.4, -0.2) is 7.05 Å². The van der Waals surface area contributed by atoms with Crippen LogP contribution in [0, 0.1) is 13.8 Å². The van der Waals surface area contributed by atoms with Gasteiger partial charge in [0.1, 0.15) is 0 Å². The van der Waals surface area contributed by atoms with E-state index in [-0.39, 0.29) is 0 Å². The van der Waals surface area contributed by atoms with Crippen LogP contribution in [0.3, 0.4) is 0 Å².